The monoisotopic (exact) mass is 596 g/mol. The maximum Gasteiger partial charge on any atom is 0.407 e. The van der Waals surface area contributed by atoms with Crippen LogP contribution in [-0.4, -0.2) is 47.9 Å². The van der Waals surface area contributed by atoms with Gasteiger partial charge in [0.25, 0.3) is 0 Å². The first-order valence-corrected chi connectivity index (χ1v) is 15.6. The molecule has 2 aliphatic rings. The number of carbonyl (C=O) groups excluding carboxylic acids is 1. The van der Waals surface area contributed by atoms with E-state index in [0.29, 0.717) is 12.6 Å². The highest BCUT2D eigenvalue weighted by Gasteiger charge is 2.34. The second kappa shape index (κ2) is 15.8. The van der Waals surface area contributed by atoms with Crippen molar-refractivity contribution in [3.63, 3.8) is 0 Å². The molecule has 1 saturated carbocycles. The summed E-state index contributed by atoms with van der Waals surface area (Å²) in [6.45, 7) is 9.81. The molecular weight excluding hydrogens is 552 g/mol. The quantitative estimate of drug-likeness (QED) is 0.203. The van der Waals surface area contributed by atoms with Gasteiger partial charge in [0.1, 0.15) is 6.61 Å². The predicted octanol–water partition coefficient (Wildman–Crippen LogP) is 7.23. The van der Waals surface area contributed by atoms with Gasteiger partial charge in [-0.15, -0.1) is 6.58 Å². The Labute approximate surface area is 261 Å². The van der Waals surface area contributed by atoms with E-state index >= 15 is 0 Å². The van der Waals surface area contributed by atoms with Gasteiger partial charge in [-0.25, -0.2) is 4.79 Å². The van der Waals surface area contributed by atoms with E-state index in [4.69, 9.17) is 14.2 Å². The molecule has 3 atom stereocenters. The molecule has 44 heavy (non-hydrogen) atoms. The fraction of sp³-hybridized carbons (Fsp3) is 0.378. The zero-order valence-electron chi connectivity index (χ0n) is 25.4. The van der Waals surface area contributed by atoms with Crippen LogP contribution in [0.3, 0.4) is 0 Å². The van der Waals surface area contributed by atoms with Gasteiger partial charge in [0, 0.05) is 37.7 Å². The Morgan fingerprint density at radius 2 is 1.68 bits per heavy atom. The van der Waals surface area contributed by atoms with E-state index in [-0.39, 0.29) is 25.4 Å². The van der Waals surface area contributed by atoms with Gasteiger partial charge in [-0.3, -0.25) is 4.90 Å². The highest BCUT2D eigenvalue weighted by atomic mass is 16.7. The number of benzene rings is 3. The van der Waals surface area contributed by atoms with Gasteiger partial charge in [-0.2, -0.15) is 0 Å². The van der Waals surface area contributed by atoms with E-state index in [9.17, 15) is 9.90 Å². The molecule has 2 fully saturated rings. The summed E-state index contributed by atoms with van der Waals surface area (Å²) in [6.07, 6.45) is 8.16. The first kappa shape index (κ1) is 31.7. The Hall–Kier alpha value is -3.75. The average molecular weight is 597 g/mol. The molecule has 0 spiro atoms. The maximum atomic E-state index is 12.0. The number of carbonyl (C=O) groups is 1. The van der Waals surface area contributed by atoms with Crippen molar-refractivity contribution in [1.82, 2.24) is 10.2 Å². The number of hydrogen-bond acceptors (Lipinski definition) is 6. The van der Waals surface area contributed by atoms with Gasteiger partial charge in [0.05, 0.1) is 18.8 Å². The minimum Gasteiger partial charge on any atom is -0.445 e. The lowest BCUT2D eigenvalue weighted by atomic mass is 9.97. The molecule has 0 bridgehead atoms. The van der Waals surface area contributed by atoms with Gasteiger partial charge in [-0.1, -0.05) is 104 Å². The SMILES string of the molecule is C=CCOC(=O)NCc1ccccc1-c1ccc([C@H]2O[C@@H](CN(CC=C)C3CCCC3)C[C@@H](c3ccc(CO)cc3)O2)cc1. The fourth-order valence-corrected chi connectivity index (χ4v) is 6.23. The minimum atomic E-state index is -0.518. The summed E-state index contributed by atoms with van der Waals surface area (Å²) in [5.74, 6) is 0. The Morgan fingerprint density at radius 1 is 0.955 bits per heavy atom. The molecule has 1 aliphatic carbocycles. The van der Waals surface area contributed by atoms with E-state index in [1.807, 2.05) is 42.5 Å². The molecule has 7 heteroatoms. The third-order valence-electron chi connectivity index (χ3n) is 8.52. The smallest absolute Gasteiger partial charge is 0.407 e. The van der Waals surface area contributed by atoms with Gasteiger partial charge in [0.2, 0.25) is 0 Å². The van der Waals surface area contributed by atoms with Crippen molar-refractivity contribution in [3.8, 4) is 11.1 Å². The van der Waals surface area contributed by atoms with Crippen LogP contribution >= 0.6 is 0 Å². The van der Waals surface area contributed by atoms with Crippen molar-refractivity contribution < 1.29 is 24.1 Å². The Morgan fingerprint density at radius 3 is 2.39 bits per heavy atom. The second-order valence-corrected chi connectivity index (χ2v) is 11.6. The molecule has 2 N–H and O–H groups in total. The lowest BCUT2D eigenvalue weighted by Crippen LogP contribution is -2.43. The van der Waals surface area contributed by atoms with Gasteiger partial charge >= 0.3 is 6.09 Å². The third-order valence-corrected chi connectivity index (χ3v) is 8.52. The van der Waals surface area contributed by atoms with Crippen LogP contribution in [0.2, 0.25) is 0 Å². The molecule has 0 unspecified atom stereocenters. The van der Waals surface area contributed by atoms with E-state index in [1.54, 1.807) is 6.08 Å². The zero-order valence-corrected chi connectivity index (χ0v) is 25.4. The van der Waals surface area contributed by atoms with E-state index in [2.05, 4.69) is 59.8 Å². The maximum absolute atomic E-state index is 12.0. The highest BCUT2D eigenvalue weighted by Crippen LogP contribution is 2.39. The number of hydrogen-bond donors (Lipinski definition) is 2. The van der Waals surface area contributed by atoms with Crippen LogP contribution in [0.15, 0.2) is 98.1 Å². The molecule has 0 aromatic heterocycles. The summed E-state index contributed by atoms with van der Waals surface area (Å²) in [5.41, 5.74) is 5.97. The van der Waals surface area contributed by atoms with Crippen LogP contribution in [0, 0.1) is 0 Å². The lowest BCUT2D eigenvalue weighted by Gasteiger charge is -2.39. The van der Waals surface area contributed by atoms with Crippen molar-refractivity contribution in [2.45, 2.75) is 69.8 Å². The number of amides is 1. The second-order valence-electron chi connectivity index (χ2n) is 11.6. The first-order chi connectivity index (χ1) is 21.6. The molecule has 1 heterocycles. The van der Waals surface area contributed by atoms with Crippen molar-refractivity contribution >= 4 is 6.09 Å². The predicted molar refractivity (Wildman–Crippen MR) is 173 cm³/mol. The molecule has 3 aromatic carbocycles. The van der Waals surface area contributed by atoms with Crippen molar-refractivity contribution in [2.24, 2.45) is 0 Å². The van der Waals surface area contributed by atoms with Gasteiger partial charge in [0.15, 0.2) is 6.29 Å². The summed E-state index contributed by atoms with van der Waals surface area (Å²) in [5, 5.41) is 12.4. The Balaban J connectivity index is 1.34. The normalized spacial score (nSPS) is 20.4. The molecule has 1 aliphatic heterocycles. The highest BCUT2D eigenvalue weighted by molar-refractivity contribution is 5.70. The number of aliphatic hydroxyl groups is 1. The Kier molecular flexibility index (Phi) is 11.4. The van der Waals surface area contributed by atoms with Crippen molar-refractivity contribution in [2.75, 3.05) is 19.7 Å². The summed E-state index contributed by atoms with van der Waals surface area (Å²) < 4.78 is 18.3. The summed E-state index contributed by atoms with van der Waals surface area (Å²) in [7, 11) is 0. The standard InChI is InChI=1S/C37H44N2O5/c1-3-21-39(32-10-6-7-11-32)25-33-23-35(29-15-13-27(26-40)14-16-29)44-36(43-33)30-19-17-28(18-20-30)34-12-8-5-9-31(34)24-38-37(41)42-22-4-2/h3-5,8-9,12-20,32-33,35-36,40H,1-2,6-7,10-11,21-26H2,(H,38,41)/t33-,35+,36+/m1/s1. The summed E-state index contributed by atoms with van der Waals surface area (Å²) in [4.78, 5) is 14.5. The number of aliphatic hydroxyl groups excluding tert-OH is 1. The molecule has 5 rings (SSSR count). The molecule has 0 radical (unpaired) electrons. The molecule has 1 saturated heterocycles. The molecule has 232 valence electrons. The molecule has 3 aromatic rings. The first-order valence-electron chi connectivity index (χ1n) is 15.6. The third kappa shape index (κ3) is 8.24. The summed E-state index contributed by atoms with van der Waals surface area (Å²) >= 11 is 0. The van der Waals surface area contributed by atoms with Crippen LogP contribution < -0.4 is 5.32 Å². The van der Waals surface area contributed by atoms with Crippen molar-refractivity contribution in [3.05, 3.63) is 120 Å². The average Bonchev–Trinajstić information content (AvgIpc) is 3.62. The van der Waals surface area contributed by atoms with Crippen LogP contribution in [0.4, 0.5) is 4.79 Å². The topological polar surface area (TPSA) is 80.3 Å². The van der Waals surface area contributed by atoms with E-state index in [0.717, 1.165) is 52.9 Å². The molecule has 1 amide bonds. The number of ether oxygens (including phenoxy) is 3. The zero-order chi connectivity index (χ0) is 30.7. The van der Waals surface area contributed by atoms with Crippen LogP contribution in [0.5, 0.6) is 0 Å². The summed E-state index contributed by atoms with van der Waals surface area (Å²) in [6, 6.07) is 24.9. The van der Waals surface area contributed by atoms with E-state index in [1.165, 1.54) is 25.7 Å². The molecular formula is C37H44N2O5. The fourth-order valence-electron chi connectivity index (χ4n) is 6.23. The van der Waals surface area contributed by atoms with Gasteiger partial charge < -0.3 is 24.6 Å². The van der Waals surface area contributed by atoms with Crippen LogP contribution in [-0.2, 0) is 27.4 Å². The number of nitrogens with one attached hydrogen (secondary N) is 1. The lowest BCUT2D eigenvalue weighted by molar-refractivity contribution is -0.253. The number of nitrogens with zero attached hydrogens (tertiary/aromatic N) is 1. The van der Waals surface area contributed by atoms with Gasteiger partial charge in [-0.05, 0) is 40.7 Å². The van der Waals surface area contributed by atoms with Crippen LogP contribution in [0.1, 0.15) is 66.8 Å². The largest absolute Gasteiger partial charge is 0.445 e. The van der Waals surface area contributed by atoms with Crippen LogP contribution in [0.25, 0.3) is 11.1 Å². The number of alkyl carbamates (subject to hydrolysis) is 1. The van der Waals surface area contributed by atoms with E-state index < -0.39 is 12.4 Å². The minimum absolute atomic E-state index is 0.0101. The number of rotatable bonds is 13. The van der Waals surface area contributed by atoms with Crippen molar-refractivity contribution in [1.29, 1.82) is 0 Å². The Bertz CT molecular complexity index is 1370. The molecule has 7 nitrogen and oxygen atoms in total.